The van der Waals surface area contributed by atoms with E-state index in [4.69, 9.17) is 9.47 Å². The van der Waals surface area contributed by atoms with Gasteiger partial charge in [0.1, 0.15) is 11.9 Å². The molecule has 4 nitrogen and oxygen atoms in total. The Morgan fingerprint density at radius 3 is 2.65 bits per heavy atom. The molecule has 2 aromatic rings. The molecule has 0 spiro atoms. The minimum Gasteiger partial charge on any atom is -0.497 e. The van der Waals surface area contributed by atoms with Crippen LogP contribution in [0.1, 0.15) is 17.2 Å². The third-order valence-corrected chi connectivity index (χ3v) is 4.82. The number of alkyl halides is 1. The third-order valence-electron chi connectivity index (χ3n) is 3.95. The van der Waals surface area contributed by atoms with Crippen molar-refractivity contribution in [1.82, 2.24) is 4.90 Å². The van der Waals surface area contributed by atoms with Gasteiger partial charge in [0.25, 0.3) is 0 Å². The van der Waals surface area contributed by atoms with Crippen LogP contribution in [0.4, 0.5) is 4.79 Å². The molecule has 1 heterocycles. The van der Waals surface area contributed by atoms with Crippen molar-refractivity contribution in [3.8, 4) is 5.75 Å². The summed E-state index contributed by atoms with van der Waals surface area (Å²) in [6, 6.07) is 17.8. The molecule has 3 rings (SSSR count). The van der Waals surface area contributed by atoms with Crippen molar-refractivity contribution in [3.63, 3.8) is 0 Å². The number of hydrogen-bond donors (Lipinski definition) is 0. The van der Waals surface area contributed by atoms with Crippen molar-refractivity contribution >= 4 is 28.7 Å². The lowest BCUT2D eigenvalue weighted by molar-refractivity contribution is 0.139. The maximum Gasteiger partial charge on any atom is 0.411 e. The number of methoxy groups -OCH3 is 1. The average molecular weight is 423 g/mol. The Labute approximate surface area is 149 Å². The molecule has 23 heavy (non-hydrogen) atoms. The van der Waals surface area contributed by atoms with E-state index in [1.165, 1.54) is 0 Å². The summed E-state index contributed by atoms with van der Waals surface area (Å²) in [5, 5.41) is 0. The van der Waals surface area contributed by atoms with E-state index in [0.29, 0.717) is 6.54 Å². The van der Waals surface area contributed by atoms with Gasteiger partial charge in [-0.3, -0.25) is 4.90 Å². The van der Waals surface area contributed by atoms with Crippen molar-refractivity contribution in [2.75, 3.05) is 11.5 Å². The topological polar surface area (TPSA) is 38.8 Å². The second-order valence-corrected chi connectivity index (χ2v) is 6.29. The van der Waals surface area contributed by atoms with Crippen LogP contribution in [0.5, 0.6) is 5.75 Å². The maximum atomic E-state index is 12.4. The van der Waals surface area contributed by atoms with E-state index in [2.05, 4.69) is 22.6 Å². The van der Waals surface area contributed by atoms with Crippen molar-refractivity contribution in [3.05, 3.63) is 65.7 Å². The van der Waals surface area contributed by atoms with E-state index in [-0.39, 0.29) is 18.2 Å². The quantitative estimate of drug-likeness (QED) is 0.535. The largest absolute Gasteiger partial charge is 0.497 e. The Hall–Kier alpha value is -1.76. The van der Waals surface area contributed by atoms with Gasteiger partial charge in [-0.25, -0.2) is 4.79 Å². The number of amides is 1. The average Bonchev–Trinajstić information content (AvgIpc) is 2.91. The molecule has 0 radical (unpaired) electrons. The molecule has 1 aliphatic heterocycles. The lowest BCUT2D eigenvalue weighted by atomic mass is 10.0. The second-order valence-electron chi connectivity index (χ2n) is 5.41. The molecule has 5 heteroatoms. The summed E-state index contributed by atoms with van der Waals surface area (Å²) in [4.78, 5) is 14.2. The van der Waals surface area contributed by atoms with E-state index in [0.717, 1.165) is 21.3 Å². The Kier molecular flexibility index (Phi) is 5.05. The van der Waals surface area contributed by atoms with Gasteiger partial charge in [-0.1, -0.05) is 65.1 Å². The van der Waals surface area contributed by atoms with Crippen LogP contribution >= 0.6 is 22.6 Å². The first-order valence-electron chi connectivity index (χ1n) is 7.44. The van der Waals surface area contributed by atoms with Crippen molar-refractivity contribution in [2.24, 2.45) is 0 Å². The fourth-order valence-corrected chi connectivity index (χ4v) is 3.53. The number of rotatable bonds is 5. The summed E-state index contributed by atoms with van der Waals surface area (Å²) in [5.74, 6) is 0.789. The van der Waals surface area contributed by atoms with Gasteiger partial charge in [0.2, 0.25) is 0 Å². The molecule has 0 bridgehead atoms. The van der Waals surface area contributed by atoms with Crippen LogP contribution in [0.2, 0.25) is 0 Å². The molecule has 0 aliphatic carbocycles. The van der Waals surface area contributed by atoms with Gasteiger partial charge in [-0.2, -0.15) is 0 Å². The highest BCUT2D eigenvalue weighted by molar-refractivity contribution is 14.1. The summed E-state index contributed by atoms with van der Waals surface area (Å²) in [5.41, 5.74) is 2.12. The molecule has 1 fully saturated rings. The van der Waals surface area contributed by atoms with Gasteiger partial charge in [0, 0.05) is 11.0 Å². The van der Waals surface area contributed by atoms with E-state index in [9.17, 15) is 4.79 Å². The molecule has 2 aromatic carbocycles. The zero-order valence-electron chi connectivity index (χ0n) is 12.8. The zero-order valence-corrected chi connectivity index (χ0v) is 15.0. The lowest BCUT2D eigenvalue weighted by Crippen LogP contribution is -2.29. The number of ether oxygens (including phenoxy) is 2. The standard InChI is InChI=1S/C18H18INO3/c1-22-15-9-5-6-13(10-15)12-20-17(14-7-3-2-4-8-14)16(11-19)23-18(20)21/h2-10,16-17H,11-12H2,1H3/t16-,17+/m0/s1. The monoisotopic (exact) mass is 423 g/mol. The fraction of sp³-hybridized carbons (Fsp3) is 0.278. The summed E-state index contributed by atoms with van der Waals surface area (Å²) in [6.45, 7) is 0.503. The highest BCUT2D eigenvalue weighted by atomic mass is 127. The normalized spacial score (nSPS) is 20.4. The molecule has 0 N–H and O–H groups in total. The molecule has 1 saturated heterocycles. The molecule has 120 valence electrons. The van der Waals surface area contributed by atoms with Crippen molar-refractivity contribution < 1.29 is 14.3 Å². The van der Waals surface area contributed by atoms with Crippen molar-refractivity contribution in [2.45, 2.75) is 18.7 Å². The van der Waals surface area contributed by atoms with Crippen LogP contribution in [0.3, 0.4) is 0 Å². The number of carbonyl (C=O) groups is 1. The number of halogens is 1. The number of nitrogens with zero attached hydrogens (tertiary/aromatic N) is 1. The molecule has 1 aliphatic rings. The van der Waals surface area contributed by atoms with Crippen LogP contribution in [0.15, 0.2) is 54.6 Å². The van der Waals surface area contributed by atoms with Crippen molar-refractivity contribution in [1.29, 1.82) is 0 Å². The molecule has 0 unspecified atom stereocenters. The van der Waals surface area contributed by atoms with Gasteiger partial charge in [-0.05, 0) is 23.3 Å². The van der Waals surface area contributed by atoms with Gasteiger partial charge in [-0.15, -0.1) is 0 Å². The third kappa shape index (κ3) is 3.44. The Morgan fingerprint density at radius 1 is 1.17 bits per heavy atom. The second kappa shape index (κ2) is 7.21. The first-order valence-corrected chi connectivity index (χ1v) is 8.96. The van der Waals surface area contributed by atoms with E-state index < -0.39 is 0 Å². The van der Waals surface area contributed by atoms with E-state index in [1.807, 2.05) is 54.6 Å². The number of carbonyl (C=O) groups excluding carboxylic acids is 1. The minimum absolute atomic E-state index is 0.0631. The summed E-state index contributed by atoms with van der Waals surface area (Å²) in [7, 11) is 1.64. The first-order chi connectivity index (χ1) is 11.2. The Balaban J connectivity index is 1.89. The van der Waals surface area contributed by atoms with Crippen LogP contribution in [-0.2, 0) is 11.3 Å². The highest BCUT2D eigenvalue weighted by Gasteiger charge is 2.41. The van der Waals surface area contributed by atoms with E-state index in [1.54, 1.807) is 12.0 Å². The van der Waals surface area contributed by atoms with Gasteiger partial charge >= 0.3 is 6.09 Å². The van der Waals surface area contributed by atoms with Crippen LogP contribution in [-0.4, -0.2) is 28.6 Å². The van der Waals surface area contributed by atoms with Crippen LogP contribution < -0.4 is 4.74 Å². The fourth-order valence-electron chi connectivity index (χ4n) is 2.87. The predicted molar refractivity (Wildman–Crippen MR) is 96.9 cm³/mol. The summed E-state index contributed by atoms with van der Waals surface area (Å²) >= 11 is 2.27. The van der Waals surface area contributed by atoms with E-state index >= 15 is 0 Å². The Bertz CT molecular complexity index is 677. The molecule has 0 aromatic heterocycles. The van der Waals surface area contributed by atoms with Gasteiger partial charge in [0.05, 0.1) is 13.2 Å². The number of benzene rings is 2. The zero-order chi connectivity index (χ0) is 16.2. The molecule has 0 saturated carbocycles. The van der Waals surface area contributed by atoms with Gasteiger partial charge < -0.3 is 9.47 Å². The molecule has 1 amide bonds. The predicted octanol–water partition coefficient (Wildman–Crippen LogP) is 4.19. The number of cyclic esters (lactones) is 1. The smallest absolute Gasteiger partial charge is 0.411 e. The maximum absolute atomic E-state index is 12.4. The summed E-state index contributed by atoms with van der Waals surface area (Å²) < 4.78 is 11.6. The molecule has 2 atom stereocenters. The van der Waals surface area contributed by atoms with Gasteiger partial charge in [0.15, 0.2) is 0 Å². The minimum atomic E-state index is -0.261. The number of hydrogen-bond acceptors (Lipinski definition) is 3. The SMILES string of the molecule is COc1cccc(CN2C(=O)O[C@@H](CI)[C@H]2c2ccccc2)c1. The highest BCUT2D eigenvalue weighted by Crippen LogP contribution is 2.35. The molecular formula is C18H18INO3. The van der Waals surface area contributed by atoms with Crippen LogP contribution in [0, 0.1) is 0 Å². The summed E-state index contributed by atoms with van der Waals surface area (Å²) in [6.07, 6.45) is -0.389. The lowest BCUT2D eigenvalue weighted by Gasteiger charge is -2.24. The first kappa shape index (κ1) is 16.1. The Morgan fingerprint density at radius 2 is 1.96 bits per heavy atom. The van der Waals surface area contributed by atoms with Crippen LogP contribution in [0.25, 0.3) is 0 Å². The molecular weight excluding hydrogens is 405 g/mol.